The predicted octanol–water partition coefficient (Wildman–Crippen LogP) is 5.72. The molecule has 0 aromatic heterocycles. The van der Waals surface area contributed by atoms with Crippen LogP contribution in [0.4, 0.5) is 0 Å². The molecule has 0 aliphatic carbocycles. The minimum atomic E-state index is -0.439. The first-order chi connectivity index (χ1) is 12.1. The lowest BCUT2D eigenvalue weighted by molar-refractivity contribution is -0.131. The van der Waals surface area contributed by atoms with E-state index in [1.54, 1.807) is 25.1 Å². The molecule has 4 heteroatoms. The number of hydrogen-bond acceptors (Lipinski definition) is 4. The Balaban J connectivity index is 2.40. The molecule has 4 nitrogen and oxygen atoms in total. The molecule has 0 radical (unpaired) electrons. The summed E-state index contributed by atoms with van der Waals surface area (Å²) in [6.07, 6.45) is 10.4. The van der Waals surface area contributed by atoms with E-state index < -0.39 is 5.97 Å². The Hall–Kier alpha value is -1.84. The van der Waals surface area contributed by atoms with Gasteiger partial charge in [0.1, 0.15) is 11.5 Å². The lowest BCUT2D eigenvalue weighted by Gasteiger charge is -2.11. The molecule has 0 aliphatic rings. The normalized spacial score (nSPS) is 10.5. The number of hydrogen-bond donors (Lipinski definition) is 0. The van der Waals surface area contributed by atoms with Crippen LogP contribution >= 0.6 is 0 Å². The molecule has 0 N–H and O–H groups in total. The van der Waals surface area contributed by atoms with Gasteiger partial charge in [0.2, 0.25) is 0 Å². The average molecular weight is 348 g/mol. The van der Waals surface area contributed by atoms with Crippen LogP contribution in [0.15, 0.2) is 18.2 Å². The van der Waals surface area contributed by atoms with E-state index in [-0.39, 0.29) is 11.5 Å². The summed E-state index contributed by atoms with van der Waals surface area (Å²) in [5, 5.41) is 0. The van der Waals surface area contributed by atoms with E-state index in [1.165, 1.54) is 45.4 Å². The third-order valence-electron chi connectivity index (χ3n) is 4.09. The van der Waals surface area contributed by atoms with Crippen LogP contribution in [0.2, 0.25) is 0 Å². The van der Waals surface area contributed by atoms with Gasteiger partial charge in [-0.1, -0.05) is 58.8 Å². The number of esters is 1. The Labute approximate surface area is 151 Å². The van der Waals surface area contributed by atoms with E-state index in [1.807, 2.05) is 0 Å². The van der Waals surface area contributed by atoms with Crippen molar-refractivity contribution >= 4 is 11.8 Å². The molecule has 0 bridgehead atoms. The maximum atomic E-state index is 11.9. The van der Waals surface area contributed by atoms with Gasteiger partial charge in [0.05, 0.1) is 12.2 Å². The second-order valence-electron chi connectivity index (χ2n) is 6.35. The molecule has 25 heavy (non-hydrogen) atoms. The van der Waals surface area contributed by atoms with Crippen LogP contribution in [0, 0.1) is 0 Å². The first-order valence-corrected chi connectivity index (χ1v) is 9.57. The Bertz CT molecular complexity index is 537. The summed E-state index contributed by atoms with van der Waals surface area (Å²) in [6.45, 7) is 5.98. The molecular formula is C21H32O4. The summed E-state index contributed by atoms with van der Waals surface area (Å²) >= 11 is 0. The summed E-state index contributed by atoms with van der Waals surface area (Å²) in [7, 11) is 0. The summed E-state index contributed by atoms with van der Waals surface area (Å²) in [5.41, 5.74) is 0.428. The number of carbonyl (C=O) groups is 2. The molecule has 0 spiro atoms. The second-order valence-corrected chi connectivity index (χ2v) is 6.35. The van der Waals surface area contributed by atoms with Crippen molar-refractivity contribution in [1.82, 2.24) is 0 Å². The smallest absolute Gasteiger partial charge is 0.308 e. The fourth-order valence-electron chi connectivity index (χ4n) is 2.68. The van der Waals surface area contributed by atoms with E-state index in [0.29, 0.717) is 24.3 Å². The summed E-state index contributed by atoms with van der Waals surface area (Å²) in [6, 6.07) is 5.07. The number of benzene rings is 1. The maximum Gasteiger partial charge on any atom is 0.308 e. The quantitative estimate of drug-likeness (QED) is 0.198. The van der Waals surface area contributed by atoms with Crippen molar-refractivity contribution in [2.75, 3.05) is 6.61 Å². The van der Waals surface area contributed by atoms with Crippen molar-refractivity contribution in [3.8, 4) is 11.5 Å². The molecule has 0 unspecified atom stereocenters. The van der Waals surface area contributed by atoms with Gasteiger partial charge in [-0.3, -0.25) is 9.59 Å². The van der Waals surface area contributed by atoms with Crippen LogP contribution in [-0.2, 0) is 4.79 Å². The average Bonchev–Trinajstić information content (AvgIpc) is 2.59. The van der Waals surface area contributed by atoms with Gasteiger partial charge in [0.15, 0.2) is 5.78 Å². The largest absolute Gasteiger partial charge is 0.493 e. The minimum absolute atomic E-state index is 0.0501. The lowest BCUT2D eigenvalue weighted by Crippen LogP contribution is -2.08. The Morgan fingerprint density at radius 1 is 0.920 bits per heavy atom. The van der Waals surface area contributed by atoms with Crippen LogP contribution in [0.1, 0.15) is 88.9 Å². The standard InChI is InChI=1S/C21H32O4/c1-4-6-7-8-9-10-11-12-15-24-18-13-14-19(20(23)5-2)21(16-18)25-17(3)22/h13-14,16H,4-12,15H2,1-3H3. The number of carbonyl (C=O) groups excluding carboxylic acids is 2. The Morgan fingerprint density at radius 2 is 1.56 bits per heavy atom. The number of Topliss-reactive ketones (excluding diaryl/α,β-unsaturated/α-hetero) is 1. The molecule has 0 heterocycles. The molecule has 0 atom stereocenters. The molecule has 0 aliphatic heterocycles. The molecular weight excluding hydrogens is 316 g/mol. The van der Waals surface area contributed by atoms with Crippen molar-refractivity contribution in [3.05, 3.63) is 23.8 Å². The topological polar surface area (TPSA) is 52.6 Å². The SMILES string of the molecule is CCCCCCCCCCOc1ccc(C(=O)CC)c(OC(C)=O)c1. The zero-order chi connectivity index (χ0) is 18.5. The second kappa shape index (κ2) is 12.5. The predicted molar refractivity (Wildman–Crippen MR) is 100 cm³/mol. The van der Waals surface area contributed by atoms with Gasteiger partial charge in [-0.15, -0.1) is 0 Å². The van der Waals surface area contributed by atoms with Crippen molar-refractivity contribution in [1.29, 1.82) is 0 Å². The molecule has 0 saturated carbocycles. The van der Waals surface area contributed by atoms with Crippen LogP contribution in [-0.4, -0.2) is 18.4 Å². The minimum Gasteiger partial charge on any atom is -0.493 e. The van der Waals surface area contributed by atoms with Gasteiger partial charge in [-0.2, -0.15) is 0 Å². The van der Waals surface area contributed by atoms with Gasteiger partial charge >= 0.3 is 5.97 Å². The number of rotatable bonds is 13. The summed E-state index contributed by atoms with van der Waals surface area (Å²) in [5.74, 6) is 0.427. The highest BCUT2D eigenvalue weighted by Crippen LogP contribution is 2.26. The first-order valence-electron chi connectivity index (χ1n) is 9.57. The Morgan fingerprint density at radius 3 is 2.16 bits per heavy atom. The molecule has 0 amide bonds. The maximum absolute atomic E-state index is 11.9. The van der Waals surface area contributed by atoms with Gasteiger partial charge in [0.25, 0.3) is 0 Å². The number of unbranched alkanes of at least 4 members (excludes halogenated alkanes) is 7. The van der Waals surface area contributed by atoms with Crippen LogP contribution in [0.25, 0.3) is 0 Å². The van der Waals surface area contributed by atoms with Gasteiger partial charge in [-0.25, -0.2) is 0 Å². The van der Waals surface area contributed by atoms with Crippen molar-refractivity contribution in [2.24, 2.45) is 0 Å². The van der Waals surface area contributed by atoms with Gasteiger partial charge in [-0.05, 0) is 18.6 Å². The van der Waals surface area contributed by atoms with Gasteiger partial charge < -0.3 is 9.47 Å². The first kappa shape index (κ1) is 21.2. The van der Waals surface area contributed by atoms with Crippen LogP contribution in [0.5, 0.6) is 11.5 Å². The number of ether oxygens (including phenoxy) is 2. The fourth-order valence-corrected chi connectivity index (χ4v) is 2.68. The molecule has 0 saturated heterocycles. The highest BCUT2D eigenvalue weighted by atomic mass is 16.5. The lowest BCUT2D eigenvalue weighted by atomic mass is 10.1. The Kier molecular flexibility index (Phi) is 10.6. The van der Waals surface area contributed by atoms with E-state index in [2.05, 4.69) is 6.92 Å². The molecule has 1 aromatic carbocycles. The molecule has 0 fully saturated rings. The third kappa shape index (κ3) is 8.71. The highest BCUT2D eigenvalue weighted by Gasteiger charge is 2.14. The van der Waals surface area contributed by atoms with E-state index in [4.69, 9.17) is 9.47 Å². The van der Waals surface area contributed by atoms with Crippen molar-refractivity contribution in [2.45, 2.75) is 78.6 Å². The molecule has 1 rings (SSSR count). The summed E-state index contributed by atoms with van der Waals surface area (Å²) in [4.78, 5) is 23.2. The van der Waals surface area contributed by atoms with Crippen LogP contribution < -0.4 is 9.47 Å². The van der Waals surface area contributed by atoms with Gasteiger partial charge in [0, 0.05) is 19.4 Å². The van der Waals surface area contributed by atoms with Crippen LogP contribution in [0.3, 0.4) is 0 Å². The molecule has 1 aromatic rings. The highest BCUT2D eigenvalue weighted by molar-refractivity contribution is 5.99. The fraction of sp³-hybridized carbons (Fsp3) is 0.619. The number of ketones is 1. The van der Waals surface area contributed by atoms with E-state index >= 15 is 0 Å². The van der Waals surface area contributed by atoms with E-state index in [9.17, 15) is 9.59 Å². The van der Waals surface area contributed by atoms with E-state index in [0.717, 1.165) is 12.8 Å². The molecule has 140 valence electrons. The summed E-state index contributed by atoms with van der Waals surface area (Å²) < 4.78 is 10.9. The monoisotopic (exact) mass is 348 g/mol. The van der Waals surface area contributed by atoms with Crippen molar-refractivity contribution < 1.29 is 19.1 Å². The third-order valence-corrected chi connectivity index (χ3v) is 4.09. The zero-order valence-corrected chi connectivity index (χ0v) is 15.9. The zero-order valence-electron chi connectivity index (χ0n) is 15.9. The van der Waals surface area contributed by atoms with Crippen molar-refractivity contribution in [3.63, 3.8) is 0 Å².